The zero-order valence-electron chi connectivity index (χ0n) is 25.4. The number of alkyl halides is 1. The summed E-state index contributed by atoms with van der Waals surface area (Å²) < 4.78 is 28.9. The van der Waals surface area contributed by atoms with Gasteiger partial charge >= 0.3 is 0 Å². The van der Waals surface area contributed by atoms with Crippen LogP contribution in [-0.4, -0.2) is 98.1 Å². The van der Waals surface area contributed by atoms with Crippen molar-refractivity contribution in [2.45, 2.75) is 18.6 Å². The maximum absolute atomic E-state index is 14.7. The van der Waals surface area contributed by atoms with Gasteiger partial charge in [0.25, 0.3) is 0 Å². The van der Waals surface area contributed by atoms with Crippen LogP contribution in [0.25, 0.3) is 16.7 Å². The van der Waals surface area contributed by atoms with Crippen molar-refractivity contribution in [3.05, 3.63) is 79.0 Å². The number of pyridine rings is 2. The Labute approximate surface area is 264 Å². The van der Waals surface area contributed by atoms with E-state index in [2.05, 4.69) is 25.2 Å². The van der Waals surface area contributed by atoms with Crippen molar-refractivity contribution < 1.29 is 18.7 Å². The van der Waals surface area contributed by atoms with Crippen molar-refractivity contribution in [1.82, 2.24) is 34.1 Å². The topological polar surface area (TPSA) is 113 Å². The zero-order chi connectivity index (χ0) is 31.4. The molecule has 3 aliphatic rings. The first-order chi connectivity index (χ1) is 22.3. The third kappa shape index (κ3) is 5.21. The van der Waals surface area contributed by atoms with Gasteiger partial charge in [0.1, 0.15) is 35.6 Å². The maximum atomic E-state index is 14.7. The Morgan fingerprint density at radius 2 is 2.02 bits per heavy atom. The minimum atomic E-state index is -1.44. The molecular formula is C33H32FN9O3. The molecule has 8 rings (SSSR count). The Morgan fingerprint density at radius 1 is 1.13 bits per heavy atom. The first-order valence-electron chi connectivity index (χ1n) is 15.2. The number of ether oxygens (including phenoxy) is 2. The number of piperazine rings is 1. The van der Waals surface area contributed by atoms with Gasteiger partial charge in [-0.15, -0.1) is 0 Å². The minimum absolute atomic E-state index is 0.197. The Bertz CT molecular complexity index is 2010. The molecule has 0 spiro atoms. The molecule has 46 heavy (non-hydrogen) atoms. The summed E-state index contributed by atoms with van der Waals surface area (Å²) in [5.41, 5.74) is 2.38. The van der Waals surface area contributed by atoms with Crippen LogP contribution in [0.3, 0.4) is 0 Å². The molecule has 2 fully saturated rings. The molecule has 2 bridgehead atoms. The summed E-state index contributed by atoms with van der Waals surface area (Å²) in [4.78, 5) is 37.1. The number of anilines is 3. The molecule has 1 amide bonds. The molecule has 0 unspecified atom stereocenters. The highest BCUT2D eigenvalue weighted by Gasteiger charge is 2.40. The van der Waals surface area contributed by atoms with Gasteiger partial charge in [-0.05, 0) is 49.9 Å². The molecule has 0 saturated carbocycles. The van der Waals surface area contributed by atoms with Crippen molar-refractivity contribution in [3.63, 3.8) is 0 Å². The predicted octanol–water partition coefficient (Wildman–Crippen LogP) is 4.14. The van der Waals surface area contributed by atoms with E-state index in [9.17, 15) is 9.18 Å². The lowest BCUT2D eigenvalue weighted by atomic mass is 9.96. The molecule has 12 nitrogen and oxygen atoms in total. The third-order valence-electron chi connectivity index (χ3n) is 8.68. The van der Waals surface area contributed by atoms with Crippen molar-refractivity contribution in [3.8, 4) is 17.2 Å². The number of halogens is 1. The van der Waals surface area contributed by atoms with Gasteiger partial charge < -0.3 is 29.0 Å². The predicted molar refractivity (Wildman–Crippen MR) is 171 cm³/mol. The molecular weight excluding hydrogens is 589 g/mol. The van der Waals surface area contributed by atoms with Gasteiger partial charge in [-0.25, -0.2) is 24.3 Å². The molecule has 13 heteroatoms. The maximum Gasteiger partial charge on any atom is 0.246 e. The number of amides is 1. The van der Waals surface area contributed by atoms with E-state index in [-0.39, 0.29) is 11.9 Å². The first-order valence-corrected chi connectivity index (χ1v) is 15.2. The summed E-state index contributed by atoms with van der Waals surface area (Å²) in [6.45, 7) is 4.50. The highest BCUT2D eigenvalue weighted by molar-refractivity contribution is 5.91. The number of rotatable bonds is 6. The highest BCUT2D eigenvalue weighted by atomic mass is 19.1. The Kier molecular flexibility index (Phi) is 6.71. The third-order valence-corrected chi connectivity index (χ3v) is 8.68. The van der Waals surface area contributed by atoms with E-state index in [0.717, 1.165) is 22.6 Å². The summed E-state index contributed by atoms with van der Waals surface area (Å²) in [6.07, 6.45) is 9.82. The van der Waals surface area contributed by atoms with E-state index in [0.29, 0.717) is 73.5 Å². The molecule has 2 saturated heterocycles. The normalized spacial score (nSPS) is 19.1. The summed E-state index contributed by atoms with van der Waals surface area (Å²) in [5.74, 6) is 3.09. The number of fused-ring (bicyclic) bond motifs is 6. The fourth-order valence-electron chi connectivity index (χ4n) is 6.38. The Morgan fingerprint density at radius 3 is 2.87 bits per heavy atom. The molecule has 0 aliphatic carbocycles. The lowest BCUT2D eigenvalue weighted by molar-refractivity contribution is -0.129. The second-order valence-corrected chi connectivity index (χ2v) is 12.1. The number of carbonyl (C=O) groups is 1. The average Bonchev–Trinajstić information content (AvgIpc) is 3.46. The van der Waals surface area contributed by atoms with E-state index < -0.39 is 5.67 Å². The molecule has 1 N–H and O–H groups in total. The van der Waals surface area contributed by atoms with E-state index in [1.54, 1.807) is 11.1 Å². The summed E-state index contributed by atoms with van der Waals surface area (Å²) >= 11 is 0. The smallest absolute Gasteiger partial charge is 0.246 e. The fraction of sp³-hybridized carbons (Fsp3) is 0.303. The van der Waals surface area contributed by atoms with Gasteiger partial charge in [-0.1, -0.05) is 0 Å². The van der Waals surface area contributed by atoms with Crippen molar-refractivity contribution in [1.29, 1.82) is 0 Å². The number of hydrogen-bond acceptors (Lipinski definition) is 10. The van der Waals surface area contributed by atoms with E-state index in [4.69, 9.17) is 14.5 Å². The van der Waals surface area contributed by atoms with Crippen LogP contribution in [0.1, 0.15) is 5.56 Å². The Balaban J connectivity index is 1.00. The van der Waals surface area contributed by atoms with E-state index in [1.165, 1.54) is 18.5 Å². The quantitative estimate of drug-likeness (QED) is 0.278. The van der Waals surface area contributed by atoms with Gasteiger partial charge in [0, 0.05) is 75.2 Å². The second kappa shape index (κ2) is 10.9. The molecule has 234 valence electrons. The monoisotopic (exact) mass is 621 g/mol. The van der Waals surface area contributed by atoms with Crippen LogP contribution in [0.2, 0.25) is 0 Å². The van der Waals surface area contributed by atoms with Crippen LogP contribution in [0, 0.1) is 6.92 Å². The molecule has 0 radical (unpaired) electrons. The molecule has 1 aromatic carbocycles. The minimum Gasteiger partial charge on any atom is -0.487 e. The van der Waals surface area contributed by atoms with Crippen LogP contribution in [0.4, 0.5) is 21.7 Å². The SMILES string of the molecule is Cc1cc(Nc2ncnc3cc4c(nc23)N2CCN(C(=O)/C=C/C3(F)CN(C)C3)[C@H](CO4)C2)ccc1Oc1ccn2ccnc2c1. The summed E-state index contributed by atoms with van der Waals surface area (Å²) in [5, 5.41) is 3.40. The van der Waals surface area contributed by atoms with Gasteiger partial charge in [0.05, 0.1) is 11.6 Å². The Hall–Kier alpha value is -5.30. The van der Waals surface area contributed by atoms with Crippen LogP contribution in [-0.2, 0) is 4.79 Å². The standard InChI is InChI=1S/C33H32FN9O3/c1-21-13-22(3-4-26(21)46-24-6-9-41-10-8-35-28(41)14-24)38-31-30-25(36-20-37-31)15-27-32(39-30)42-11-12-43(23(16-42)17-45-27)29(44)5-7-33(34)18-40(2)19-33/h3-10,13-15,20,23H,11-12,16-19H2,1-2H3,(H,36,37,38)/b7-5+/t23-/m0/s1. The number of nitrogens with one attached hydrogen (secondary N) is 1. The highest BCUT2D eigenvalue weighted by Crippen LogP contribution is 2.36. The lowest BCUT2D eigenvalue weighted by Crippen LogP contribution is -2.57. The number of hydrogen-bond donors (Lipinski definition) is 1. The van der Waals surface area contributed by atoms with Gasteiger partial charge in [0.15, 0.2) is 23.1 Å². The summed E-state index contributed by atoms with van der Waals surface area (Å²) in [6, 6.07) is 11.3. The molecule has 3 aliphatic heterocycles. The molecule has 7 heterocycles. The van der Waals surface area contributed by atoms with Crippen molar-refractivity contribution in [2.75, 3.05) is 56.6 Å². The zero-order valence-corrected chi connectivity index (χ0v) is 25.4. The van der Waals surface area contributed by atoms with Gasteiger partial charge in [-0.2, -0.15) is 0 Å². The summed E-state index contributed by atoms with van der Waals surface area (Å²) in [7, 11) is 1.86. The first kappa shape index (κ1) is 28.2. The molecule has 5 aromatic rings. The lowest BCUT2D eigenvalue weighted by Gasteiger charge is -2.41. The van der Waals surface area contributed by atoms with Crippen LogP contribution >= 0.6 is 0 Å². The number of likely N-dealkylation sites (tertiary alicyclic amines) is 1. The van der Waals surface area contributed by atoms with Gasteiger partial charge in [-0.3, -0.25) is 9.69 Å². The van der Waals surface area contributed by atoms with Gasteiger partial charge in [0.2, 0.25) is 5.91 Å². The number of aryl methyl sites for hydroxylation is 1. The molecule has 4 aromatic heterocycles. The number of carbonyl (C=O) groups excluding carboxylic acids is 1. The van der Waals surface area contributed by atoms with Crippen molar-refractivity contribution >= 4 is 39.9 Å². The van der Waals surface area contributed by atoms with E-state index >= 15 is 0 Å². The largest absolute Gasteiger partial charge is 0.487 e. The van der Waals surface area contributed by atoms with E-state index in [1.807, 2.05) is 72.1 Å². The average molecular weight is 622 g/mol. The van der Waals surface area contributed by atoms with Crippen LogP contribution in [0.5, 0.6) is 17.2 Å². The van der Waals surface area contributed by atoms with Crippen molar-refractivity contribution in [2.24, 2.45) is 0 Å². The second-order valence-electron chi connectivity index (χ2n) is 12.1. The number of nitrogens with zero attached hydrogens (tertiary/aromatic N) is 8. The molecule has 1 atom stereocenters. The fourth-order valence-corrected chi connectivity index (χ4v) is 6.38. The van der Waals surface area contributed by atoms with Crippen LogP contribution in [0.15, 0.2) is 73.5 Å². The number of aromatic nitrogens is 5. The van der Waals surface area contributed by atoms with Crippen LogP contribution < -0.4 is 19.7 Å². The number of imidazole rings is 1. The number of benzene rings is 1.